The van der Waals surface area contributed by atoms with Gasteiger partial charge in [0.05, 0.1) is 21.3 Å². The molecular weight excluding hydrogens is 413 g/mol. The molecule has 0 saturated heterocycles. The molecule has 0 spiro atoms. The zero-order valence-electron chi connectivity index (χ0n) is 16.1. The van der Waals surface area contributed by atoms with Crippen LogP contribution in [0.3, 0.4) is 0 Å². The number of carbonyl (C=O) groups excluding carboxylic acids is 2. The van der Waals surface area contributed by atoms with Crippen molar-refractivity contribution in [2.24, 2.45) is 0 Å². The normalized spacial score (nSPS) is 10.7. The van der Waals surface area contributed by atoms with E-state index >= 15 is 0 Å². The highest BCUT2D eigenvalue weighted by Gasteiger charge is 2.19. The first-order valence-corrected chi connectivity index (χ1v) is 9.57. The summed E-state index contributed by atoms with van der Waals surface area (Å²) in [4.78, 5) is 28.8. The predicted octanol–water partition coefficient (Wildman–Crippen LogP) is 4.90. The molecule has 0 aliphatic heterocycles. The molecule has 1 amide bonds. The maximum atomic E-state index is 12.5. The van der Waals surface area contributed by atoms with Crippen molar-refractivity contribution in [1.82, 2.24) is 9.55 Å². The van der Waals surface area contributed by atoms with Crippen LogP contribution in [0.4, 0.5) is 5.82 Å². The van der Waals surface area contributed by atoms with Crippen LogP contribution in [-0.2, 0) is 9.53 Å². The standard InChI is InChI=1S/C21H19Cl2N3O3/c1-12-9-16(14(3)26(12)15-7-5-4-6-8-15)21(28)29-11-19(27)25-20-18(23)10-17(22)13(2)24-20/h4-10H,11H2,1-3H3,(H,24,25,27). The fourth-order valence-electron chi connectivity index (χ4n) is 2.97. The zero-order valence-corrected chi connectivity index (χ0v) is 17.6. The van der Waals surface area contributed by atoms with E-state index in [1.54, 1.807) is 13.0 Å². The molecular formula is C21H19Cl2N3O3. The van der Waals surface area contributed by atoms with E-state index in [1.165, 1.54) is 6.07 Å². The van der Waals surface area contributed by atoms with Gasteiger partial charge in [-0.3, -0.25) is 4.79 Å². The highest BCUT2D eigenvalue weighted by atomic mass is 35.5. The fourth-order valence-corrected chi connectivity index (χ4v) is 3.37. The number of rotatable bonds is 5. The van der Waals surface area contributed by atoms with E-state index in [4.69, 9.17) is 27.9 Å². The van der Waals surface area contributed by atoms with Crippen LogP contribution in [0.2, 0.25) is 10.0 Å². The average Bonchev–Trinajstić information content (AvgIpc) is 2.99. The Hall–Kier alpha value is -2.83. The lowest BCUT2D eigenvalue weighted by atomic mass is 10.2. The summed E-state index contributed by atoms with van der Waals surface area (Å²) < 4.78 is 7.13. The molecule has 0 aliphatic carbocycles. The quantitative estimate of drug-likeness (QED) is 0.582. The zero-order chi connectivity index (χ0) is 21.1. The SMILES string of the molecule is Cc1nc(NC(=O)COC(=O)c2cc(C)n(-c3ccccc3)c2C)c(Cl)cc1Cl. The lowest BCUT2D eigenvalue weighted by molar-refractivity contribution is -0.119. The van der Waals surface area contributed by atoms with Crippen molar-refractivity contribution < 1.29 is 14.3 Å². The minimum absolute atomic E-state index is 0.164. The maximum absolute atomic E-state index is 12.5. The van der Waals surface area contributed by atoms with E-state index in [-0.39, 0.29) is 10.8 Å². The molecule has 0 aliphatic rings. The molecule has 150 valence electrons. The first-order chi connectivity index (χ1) is 13.8. The van der Waals surface area contributed by atoms with Gasteiger partial charge in [0.15, 0.2) is 12.4 Å². The molecule has 0 bridgehead atoms. The lowest BCUT2D eigenvalue weighted by Crippen LogP contribution is -2.22. The Labute approximate surface area is 178 Å². The summed E-state index contributed by atoms with van der Waals surface area (Å²) in [6.07, 6.45) is 0. The minimum atomic E-state index is -0.582. The number of anilines is 1. The molecule has 8 heteroatoms. The van der Waals surface area contributed by atoms with E-state index in [9.17, 15) is 9.59 Å². The van der Waals surface area contributed by atoms with Gasteiger partial charge >= 0.3 is 5.97 Å². The van der Waals surface area contributed by atoms with E-state index in [0.717, 1.165) is 17.1 Å². The molecule has 2 heterocycles. The van der Waals surface area contributed by atoms with Gasteiger partial charge in [-0.05, 0) is 45.0 Å². The Balaban J connectivity index is 1.69. The third-order valence-corrected chi connectivity index (χ3v) is 5.03. The van der Waals surface area contributed by atoms with Gasteiger partial charge in [-0.2, -0.15) is 0 Å². The van der Waals surface area contributed by atoms with Crippen molar-refractivity contribution in [1.29, 1.82) is 0 Å². The Morgan fingerprint density at radius 3 is 2.45 bits per heavy atom. The highest BCUT2D eigenvalue weighted by molar-refractivity contribution is 6.36. The second-order valence-corrected chi connectivity index (χ2v) is 7.28. The number of nitrogens with zero attached hydrogens (tertiary/aromatic N) is 2. The molecule has 1 N–H and O–H groups in total. The van der Waals surface area contributed by atoms with Gasteiger partial charge in [-0.15, -0.1) is 0 Å². The smallest absolute Gasteiger partial charge is 0.340 e. The van der Waals surface area contributed by atoms with Crippen molar-refractivity contribution in [3.05, 3.63) is 75.2 Å². The topological polar surface area (TPSA) is 73.2 Å². The van der Waals surface area contributed by atoms with Gasteiger partial charge in [-0.25, -0.2) is 9.78 Å². The van der Waals surface area contributed by atoms with Gasteiger partial charge in [0, 0.05) is 17.1 Å². The first kappa shape index (κ1) is 20.9. The predicted molar refractivity (Wildman–Crippen MR) is 113 cm³/mol. The van der Waals surface area contributed by atoms with E-state index in [1.807, 2.05) is 48.7 Å². The number of benzene rings is 1. The van der Waals surface area contributed by atoms with Crippen LogP contribution in [0.5, 0.6) is 0 Å². The Morgan fingerprint density at radius 1 is 1.07 bits per heavy atom. The Morgan fingerprint density at radius 2 is 1.76 bits per heavy atom. The molecule has 0 radical (unpaired) electrons. The van der Waals surface area contributed by atoms with Crippen LogP contribution >= 0.6 is 23.2 Å². The Bertz CT molecular complexity index is 1080. The van der Waals surface area contributed by atoms with Crippen molar-refractivity contribution >= 4 is 40.9 Å². The molecule has 2 aromatic heterocycles. The van der Waals surface area contributed by atoms with Crippen LogP contribution in [0.1, 0.15) is 27.4 Å². The first-order valence-electron chi connectivity index (χ1n) is 8.82. The van der Waals surface area contributed by atoms with E-state index in [2.05, 4.69) is 10.3 Å². The molecule has 3 rings (SSSR count). The minimum Gasteiger partial charge on any atom is -0.452 e. The third-order valence-electron chi connectivity index (χ3n) is 4.36. The van der Waals surface area contributed by atoms with Gasteiger partial charge in [0.1, 0.15) is 0 Å². The van der Waals surface area contributed by atoms with Crippen molar-refractivity contribution in [2.75, 3.05) is 11.9 Å². The summed E-state index contributed by atoms with van der Waals surface area (Å²) in [6, 6.07) is 12.9. The molecule has 6 nitrogen and oxygen atoms in total. The Kier molecular flexibility index (Phi) is 6.25. The van der Waals surface area contributed by atoms with Gasteiger partial charge in [0.2, 0.25) is 0 Å². The number of pyridine rings is 1. The van der Waals surface area contributed by atoms with Crippen LogP contribution in [0.15, 0.2) is 42.5 Å². The second kappa shape index (κ2) is 8.68. The number of ether oxygens (including phenoxy) is 1. The average molecular weight is 432 g/mol. The summed E-state index contributed by atoms with van der Waals surface area (Å²) in [7, 11) is 0. The number of hydrogen-bond acceptors (Lipinski definition) is 4. The third kappa shape index (κ3) is 4.60. The number of halogens is 2. The largest absolute Gasteiger partial charge is 0.452 e. The van der Waals surface area contributed by atoms with E-state index < -0.39 is 18.5 Å². The summed E-state index contributed by atoms with van der Waals surface area (Å²) in [5, 5.41) is 3.12. The van der Waals surface area contributed by atoms with Gasteiger partial charge in [-0.1, -0.05) is 41.4 Å². The van der Waals surface area contributed by atoms with Crippen molar-refractivity contribution in [3.8, 4) is 5.69 Å². The molecule has 29 heavy (non-hydrogen) atoms. The molecule has 0 saturated carbocycles. The second-order valence-electron chi connectivity index (χ2n) is 6.47. The van der Waals surface area contributed by atoms with Gasteiger partial charge < -0.3 is 14.6 Å². The lowest BCUT2D eigenvalue weighted by Gasteiger charge is -2.10. The number of para-hydroxylation sites is 1. The molecule has 1 aromatic carbocycles. The van der Waals surface area contributed by atoms with Gasteiger partial charge in [0.25, 0.3) is 5.91 Å². The summed E-state index contributed by atoms with van der Waals surface area (Å²) >= 11 is 12.0. The summed E-state index contributed by atoms with van der Waals surface area (Å²) in [6.45, 7) is 4.96. The number of amides is 1. The molecule has 3 aromatic rings. The molecule has 0 fully saturated rings. The van der Waals surface area contributed by atoms with E-state index in [0.29, 0.717) is 16.3 Å². The van der Waals surface area contributed by atoms with Crippen molar-refractivity contribution in [2.45, 2.75) is 20.8 Å². The molecule has 0 unspecified atom stereocenters. The number of esters is 1. The number of carbonyl (C=O) groups is 2. The fraction of sp³-hybridized carbons (Fsp3) is 0.190. The highest BCUT2D eigenvalue weighted by Crippen LogP contribution is 2.25. The van der Waals surface area contributed by atoms with Crippen LogP contribution < -0.4 is 5.32 Å². The van der Waals surface area contributed by atoms with Crippen LogP contribution in [-0.4, -0.2) is 28.0 Å². The number of aromatic nitrogens is 2. The monoisotopic (exact) mass is 431 g/mol. The molecule has 0 atom stereocenters. The maximum Gasteiger partial charge on any atom is 0.340 e. The summed E-state index contributed by atoms with van der Waals surface area (Å²) in [5.74, 6) is -0.968. The number of hydrogen-bond donors (Lipinski definition) is 1. The van der Waals surface area contributed by atoms with Crippen LogP contribution in [0, 0.1) is 20.8 Å². The summed E-state index contributed by atoms with van der Waals surface area (Å²) in [5.41, 5.74) is 3.49. The number of aryl methyl sites for hydroxylation is 2. The van der Waals surface area contributed by atoms with Crippen molar-refractivity contribution in [3.63, 3.8) is 0 Å². The van der Waals surface area contributed by atoms with Crippen LogP contribution in [0.25, 0.3) is 5.69 Å². The number of nitrogens with one attached hydrogen (secondary N) is 1.